The summed E-state index contributed by atoms with van der Waals surface area (Å²) in [4.78, 5) is 0. The lowest BCUT2D eigenvalue weighted by Gasteiger charge is -2.34. The summed E-state index contributed by atoms with van der Waals surface area (Å²) >= 11 is 0. The molecule has 0 aliphatic heterocycles. The Labute approximate surface area is 108 Å². The fourth-order valence-corrected chi connectivity index (χ4v) is 2.92. The summed E-state index contributed by atoms with van der Waals surface area (Å²) in [6.07, 6.45) is 2.02. The summed E-state index contributed by atoms with van der Waals surface area (Å²) in [5.74, 6) is 0.511. The quantitative estimate of drug-likeness (QED) is 0.892. The van der Waals surface area contributed by atoms with Gasteiger partial charge in [-0.25, -0.2) is 0 Å². The van der Waals surface area contributed by atoms with Gasteiger partial charge < -0.3 is 5.73 Å². The summed E-state index contributed by atoms with van der Waals surface area (Å²) in [6, 6.07) is 10.9. The summed E-state index contributed by atoms with van der Waals surface area (Å²) in [5, 5.41) is 4.37. The molecule has 2 N–H and O–H groups in total. The van der Waals surface area contributed by atoms with E-state index in [-0.39, 0.29) is 6.04 Å². The first-order chi connectivity index (χ1) is 8.65. The van der Waals surface area contributed by atoms with Crippen molar-refractivity contribution in [3.63, 3.8) is 0 Å². The molecule has 1 heterocycles. The number of nitrogens with two attached hydrogens (primary N) is 1. The molecule has 1 aliphatic carbocycles. The Kier molecular flexibility index (Phi) is 2.71. The monoisotopic (exact) mass is 241 g/mol. The predicted octanol–water partition coefficient (Wildman–Crippen LogP) is 1.94. The van der Waals surface area contributed by atoms with Gasteiger partial charge in [-0.1, -0.05) is 24.3 Å². The number of aryl methyl sites for hydroxylation is 2. The second-order valence-electron chi connectivity index (χ2n) is 5.28. The Bertz CT molecular complexity index is 571. The van der Waals surface area contributed by atoms with Gasteiger partial charge in [-0.3, -0.25) is 4.68 Å². The smallest absolute Gasteiger partial charge is 0.0596 e. The molecule has 0 bridgehead atoms. The highest BCUT2D eigenvalue weighted by atomic mass is 15.3. The number of fused-ring (bicyclic) bond motifs is 1. The summed E-state index contributed by atoms with van der Waals surface area (Å²) in [5.41, 5.74) is 11.5. The zero-order valence-corrected chi connectivity index (χ0v) is 10.9. The van der Waals surface area contributed by atoms with E-state index < -0.39 is 0 Å². The molecule has 94 valence electrons. The van der Waals surface area contributed by atoms with Crippen molar-refractivity contribution in [1.82, 2.24) is 9.78 Å². The molecule has 3 nitrogen and oxygen atoms in total. The van der Waals surface area contributed by atoms with Crippen molar-refractivity contribution >= 4 is 0 Å². The van der Waals surface area contributed by atoms with Crippen LogP contribution in [0.25, 0.3) is 0 Å². The third-order valence-electron chi connectivity index (χ3n) is 3.95. The minimum Gasteiger partial charge on any atom is -0.327 e. The molecule has 2 atom stereocenters. The lowest BCUT2D eigenvalue weighted by atomic mass is 9.73. The van der Waals surface area contributed by atoms with E-state index in [4.69, 9.17) is 5.73 Å². The van der Waals surface area contributed by atoms with E-state index in [0.29, 0.717) is 5.92 Å². The van der Waals surface area contributed by atoms with Gasteiger partial charge in [0.25, 0.3) is 0 Å². The molecule has 0 spiro atoms. The molecule has 1 aromatic carbocycles. The molecule has 3 heteroatoms. The van der Waals surface area contributed by atoms with Crippen LogP contribution >= 0.6 is 0 Å². The van der Waals surface area contributed by atoms with Gasteiger partial charge in [0.2, 0.25) is 0 Å². The van der Waals surface area contributed by atoms with Crippen LogP contribution in [0.15, 0.2) is 30.3 Å². The van der Waals surface area contributed by atoms with Gasteiger partial charge in [-0.15, -0.1) is 0 Å². The molecule has 0 fully saturated rings. The molecule has 2 unspecified atom stereocenters. The molecule has 0 radical (unpaired) electrons. The fourth-order valence-electron chi connectivity index (χ4n) is 2.92. The fraction of sp³-hybridized carbons (Fsp3) is 0.400. The van der Waals surface area contributed by atoms with Crippen LogP contribution in [0.4, 0.5) is 0 Å². The average Bonchev–Trinajstić information content (AvgIpc) is 2.59. The number of benzene rings is 1. The zero-order chi connectivity index (χ0) is 12.7. The van der Waals surface area contributed by atoms with Crippen LogP contribution in [0.1, 0.15) is 28.4 Å². The molecular formula is C15H19N3. The highest BCUT2D eigenvalue weighted by Crippen LogP contribution is 2.37. The summed E-state index contributed by atoms with van der Waals surface area (Å²) in [7, 11) is 1.99. The van der Waals surface area contributed by atoms with Crippen molar-refractivity contribution in [2.45, 2.75) is 31.7 Å². The maximum Gasteiger partial charge on any atom is 0.0596 e. The van der Waals surface area contributed by atoms with E-state index in [1.807, 2.05) is 18.7 Å². The van der Waals surface area contributed by atoms with Gasteiger partial charge in [0.05, 0.1) is 5.69 Å². The molecule has 18 heavy (non-hydrogen) atoms. The zero-order valence-electron chi connectivity index (χ0n) is 10.9. The van der Waals surface area contributed by atoms with E-state index in [0.717, 1.165) is 18.5 Å². The third-order valence-corrected chi connectivity index (χ3v) is 3.95. The van der Waals surface area contributed by atoms with Crippen LogP contribution in [-0.4, -0.2) is 15.8 Å². The maximum absolute atomic E-state index is 6.36. The van der Waals surface area contributed by atoms with Crippen molar-refractivity contribution in [1.29, 1.82) is 0 Å². The van der Waals surface area contributed by atoms with Crippen LogP contribution in [-0.2, 0) is 19.9 Å². The first-order valence-corrected chi connectivity index (χ1v) is 6.48. The Hall–Kier alpha value is -1.61. The highest BCUT2D eigenvalue weighted by Gasteiger charge is 2.30. The third kappa shape index (κ3) is 1.85. The topological polar surface area (TPSA) is 43.8 Å². The Morgan fingerprint density at radius 1 is 1.44 bits per heavy atom. The van der Waals surface area contributed by atoms with Crippen molar-refractivity contribution in [3.05, 3.63) is 52.8 Å². The number of nitrogens with zero attached hydrogens (tertiary/aromatic N) is 2. The number of hydrogen-bond donors (Lipinski definition) is 1. The van der Waals surface area contributed by atoms with Crippen LogP contribution < -0.4 is 5.73 Å². The van der Waals surface area contributed by atoms with E-state index in [2.05, 4.69) is 35.4 Å². The van der Waals surface area contributed by atoms with Gasteiger partial charge in [0.1, 0.15) is 0 Å². The summed E-state index contributed by atoms with van der Waals surface area (Å²) < 4.78 is 1.94. The first-order valence-electron chi connectivity index (χ1n) is 6.48. The SMILES string of the molecule is Cc1cc(CC(N)C2Cc3ccccc32)n(C)n1. The lowest BCUT2D eigenvalue weighted by molar-refractivity contribution is 0.469. The highest BCUT2D eigenvalue weighted by molar-refractivity contribution is 5.41. The van der Waals surface area contributed by atoms with Gasteiger partial charge >= 0.3 is 0 Å². The predicted molar refractivity (Wildman–Crippen MR) is 72.5 cm³/mol. The molecule has 1 aromatic heterocycles. The van der Waals surface area contributed by atoms with Crippen LogP contribution in [0.2, 0.25) is 0 Å². The Balaban J connectivity index is 1.74. The molecule has 0 amide bonds. The number of aromatic nitrogens is 2. The average molecular weight is 241 g/mol. The molecular weight excluding hydrogens is 222 g/mol. The number of rotatable bonds is 3. The van der Waals surface area contributed by atoms with Crippen LogP contribution in [0.3, 0.4) is 0 Å². The largest absolute Gasteiger partial charge is 0.327 e. The first kappa shape index (κ1) is 11.5. The number of hydrogen-bond acceptors (Lipinski definition) is 2. The van der Waals surface area contributed by atoms with Gasteiger partial charge in [-0.05, 0) is 30.5 Å². The second-order valence-corrected chi connectivity index (χ2v) is 5.28. The minimum absolute atomic E-state index is 0.190. The van der Waals surface area contributed by atoms with Gasteiger partial charge in [0, 0.05) is 31.1 Å². The van der Waals surface area contributed by atoms with Crippen molar-refractivity contribution in [3.8, 4) is 0 Å². The van der Waals surface area contributed by atoms with Crippen molar-refractivity contribution in [2.24, 2.45) is 12.8 Å². The van der Waals surface area contributed by atoms with Crippen molar-refractivity contribution in [2.75, 3.05) is 0 Å². The normalized spacial score (nSPS) is 19.2. The standard InChI is InChI=1S/C15H19N3/c1-10-7-12(18(2)17-10)9-15(16)14-8-11-5-3-4-6-13(11)14/h3-7,14-15H,8-9,16H2,1-2H3. The maximum atomic E-state index is 6.36. The van der Waals surface area contributed by atoms with E-state index in [9.17, 15) is 0 Å². The molecule has 0 saturated heterocycles. The Morgan fingerprint density at radius 3 is 2.89 bits per heavy atom. The van der Waals surface area contributed by atoms with Crippen LogP contribution in [0, 0.1) is 6.92 Å². The molecule has 1 aliphatic rings. The van der Waals surface area contributed by atoms with Gasteiger partial charge in [0.15, 0.2) is 0 Å². The van der Waals surface area contributed by atoms with Gasteiger partial charge in [-0.2, -0.15) is 5.10 Å². The van der Waals surface area contributed by atoms with E-state index >= 15 is 0 Å². The molecule has 3 rings (SSSR count). The molecule has 0 saturated carbocycles. The molecule has 2 aromatic rings. The van der Waals surface area contributed by atoms with E-state index in [1.54, 1.807) is 0 Å². The van der Waals surface area contributed by atoms with Crippen LogP contribution in [0.5, 0.6) is 0 Å². The summed E-state index contributed by atoms with van der Waals surface area (Å²) in [6.45, 7) is 2.02. The van der Waals surface area contributed by atoms with E-state index in [1.165, 1.54) is 16.8 Å². The lowest BCUT2D eigenvalue weighted by Crippen LogP contribution is -2.37. The van der Waals surface area contributed by atoms with Crippen molar-refractivity contribution < 1.29 is 0 Å². The minimum atomic E-state index is 0.190. The Morgan fingerprint density at radius 2 is 2.22 bits per heavy atom. The second kappa shape index (κ2) is 4.25.